The van der Waals surface area contributed by atoms with Gasteiger partial charge < -0.3 is 5.32 Å². The molecule has 0 unspecified atom stereocenters. The Morgan fingerprint density at radius 1 is 1.24 bits per heavy atom. The topological polar surface area (TPSA) is 90.1 Å². The van der Waals surface area contributed by atoms with Crippen molar-refractivity contribution in [2.45, 2.75) is 48.2 Å². The number of carbonyl (C=O) groups excluding carboxylic acids is 1. The van der Waals surface area contributed by atoms with Crippen LogP contribution in [0.2, 0.25) is 5.02 Å². The summed E-state index contributed by atoms with van der Waals surface area (Å²) < 4.78 is 40.7. The molecule has 1 heterocycles. The molecule has 0 atom stereocenters. The predicted molar refractivity (Wildman–Crippen MR) is 121 cm³/mol. The van der Waals surface area contributed by atoms with E-state index in [2.05, 4.69) is 10.4 Å². The Labute approximate surface area is 201 Å². The van der Waals surface area contributed by atoms with Gasteiger partial charge in [0, 0.05) is 33.5 Å². The van der Waals surface area contributed by atoms with Crippen LogP contribution in [0.1, 0.15) is 35.7 Å². The lowest BCUT2D eigenvalue weighted by atomic mass is 10.2. The van der Waals surface area contributed by atoms with Gasteiger partial charge in [0.2, 0.25) is 5.91 Å². The van der Waals surface area contributed by atoms with Crippen LogP contribution in [0, 0.1) is 17.0 Å². The summed E-state index contributed by atoms with van der Waals surface area (Å²) in [6, 6.07) is 11.7. The number of carbonyl (C=O) groups is 1. The summed E-state index contributed by atoms with van der Waals surface area (Å²) in [5, 5.41) is 17.0. The lowest BCUT2D eigenvalue weighted by Crippen LogP contribution is -2.21. The van der Waals surface area contributed by atoms with E-state index >= 15 is 0 Å². The maximum atomic E-state index is 13.2. The minimum absolute atomic E-state index is 0.149. The maximum Gasteiger partial charge on any atom is 0.436 e. The summed E-state index contributed by atoms with van der Waals surface area (Å²) >= 11 is 7.22. The first-order chi connectivity index (χ1) is 16.0. The quantitative estimate of drug-likeness (QED) is 0.292. The van der Waals surface area contributed by atoms with E-state index in [4.69, 9.17) is 11.6 Å². The molecule has 0 bridgehead atoms. The molecular weight excluding hydrogens is 493 g/mol. The van der Waals surface area contributed by atoms with Crippen molar-refractivity contribution in [2.24, 2.45) is 0 Å². The Hall–Kier alpha value is -3.05. The van der Waals surface area contributed by atoms with E-state index in [0.29, 0.717) is 17.7 Å². The zero-order chi connectivity index (χ0) is 24.6. The fourth-order valence-electron chi connectivity index (χ4n) is 3.40. The van der Waals surface area contributed by atoms with Crippen LogP contribution in [0.3, 0.4) is 0 Å². The Kier molecular flexibility index (Phi) is 6.59. The summed E-state index contributed by atoms with van der Waals surface area (Å²) in [6.45, 7) is 1.43. The Morgan fingerprint density at radius 3 is 2.50 bits per heavy atom. The molecule has 178 valence electrons. The molecule has 0 aliphatic heterocycles. The molecule has 7 nitrogen and oxygen atoms in total. The number of non-ortho nitro benzene ring substituents is 1. The van der Waals surface area contributed by atoms with Gasteiger partial charge in [-0.25, -0.2) is 0 Å². The van der Waals surface area contributed by atoms with Gasteiger partial charge in [-0.05, 0) is 38.0 Å². The first kappa shape index (κ1) is 24.1. The highest BCUT2D eigenvalue weighted by atomic mass is 35.5. The molecule has 1 fully saturated rings. The fraction of sp³-hybridized carbons (Fsp3) is 0.273. The first-order valence-corrected chi connectivity index (χ1v) is 11.4. The summed E-state index contributed by atoms with van der Waals surface area (Å²) in [6.07, 6.45) is -3.42. The normalized spacial score (nSPS) is 13.7. The van der Waals surface area contributed by atoms with Crippen LogP contribution in [0.5, 0.6) is 0 Å². The minimum atomic E-state index is -4.75. The van der Waals surface area contributed by atoms with Gasteiger partial charge >= 0.3 is 6.18 Å². The Balaban J connectivity index is 1.56. The fourth-order valence-corrected chi connectivity index (χ4v) is 4.71. The van der Waals surface area contributed by atoms with Gasteiger partial charge in [0.05, 0.1) is 15.6 Å². The van der Waals surface area contributed by atoms with Crippen molar-refractivity contribution in [1.29, 1.82) is 0 Å². The smallest absolute Gasteiger partial charge is 0.324 e. The van der Waals surface area contributed by atoms with Gasteiger partial charge in [0.25, 0.3) is 5.69 Å². The molecule has 2 aromatic carbocycles. The van der Waals surface area contributed by atoms with Gasteiger partial charge in [-0.1, -0.05) is 41.1 Å². The number of aromatic nitrogens is 2. The number of rotatable bonds is 7. The van der Waals surface area contributed by atoms with E-state index in [0.717, 1.165) is 15.1 Å². The lowest BCUT2D eigenvalue weighted by Gasteiger charge is -2.10. The number of hydrogen-bond donors (Lipinski definition) is 1. The van der Waals surface area contributed by atoms with Crippen molar-refractivity contribution in [2.75, 3.05) is 5.32 Å². The van der Waals surface area contributed by atoms with Crippen molar-refractivity contribution in [3.05, 3.63) is 74.6 Å². The second-order valence-corrected chi connectivity index (χ2v) is 9.44. The van der Waals surface area contributed by atoms with E-state index in [1.165, 1.54) is 23.9 Å². The molecule has 1 saturated carbocycles. The number of nitro benzene ring substituents is 1. The molecule has 3 aromatic rings. The van der Waals surface area contributed by atoms with Crippen LogP contribution in [0.4, 0.5) is 24.5 Å². The van der Waals surface area contributed by atoms with Crippen molar-refractivity contribution < 1.29 is 22.9 Å². The molecule has 0 radical (unpaired) electrons. The highest BCUT2D eigenvalue weighted by Crippen LogP contribution is 2.47. The van der Waals surface area contributed by atoms with Gasteiger partial charge in [-0.2, -0.15) is 18.3 Å². The highest BCUT2D eigenvalue weighted by molar-refractivity contribution is 7.99. The predicted octanol–water partition coefficient (Wildman–Crippen LogP) is 6.44. The lowest BCUT2D eigenvalue weighted by molar-refractivity contribution is -0.385. The number of nitro groups is 1. The van der Waals surface area contributed by atoms with Gasteiger partial charge in [0.1, 0.15) is 6.54 Å². The molecule has 1 N–H and O–H groups in total. The average molecular weight is 511 g/mol. The number of hydrogen-bond acceptors (Lipinski definition) is 5. The third-order valence-corrected chi connectivity index (χ3v) is 6.45. The second kappa shape index (κ2) is 9.30. The van der Waals surface area contributed by atoms with E-state index < -0.39 is 34.3 Å². The number of amides is 1. The summed E-state index contributed by atoms with van der Waals surface area (Å²) in [7, 11) is 0. The van der Waals surface area contributed by atoms with Gasteiger partial charge in [0.15, 0.2) is 5.69 Å². The van der Waals surface area contributed by atoms with Crippen LogP contribution in [0.25, 0.3) is 0 Å². The van der Waals surface area contributed by atoms with Crippen molar-refractivity contribution in [3.8, 4) is 0 Å². The zero-order valence-corrected chi connectivity index (χ0v) is 19.3. The molecule has 1 aliphatic rings. The third kappa shape index (κ3) is 5.53. The van der Waals surface area contributed by atoms with Crippen LogP contribution in [-0.2, 0) is 17.5 Å². The standard InChI is InChI=1S/C22H18ClF3N4O3S/c1-12-2-6-16(7-3-12)34-17-9-14(8-15(10-17)30(32)33)27-18(31)11-29-20(13-4-5-13)19(23)21(28-29)22(24,25)26/h2-3,6-10,13H,4-5,11H2,1H3,(H,27,31). The van der Waals surface area contributed by atoms with E-state index in [9.17, 15) is 28.1 Å². The Bertz CT molecular complexity index is 1260. The van der Waals surface area contributed by atoms with Crippen molar-refractivity contribution >= 4 is 40.6 Å². The minimum Gasteiger partial charge on any atom is -0.324 e. The van der Waals surface area contributed by atoms with Crippen LogP contribution in [-0.4, -0.2) is 20.6 Å². The van der Waals surface area contributed by atoms with Crippen molar-refractivity contribution in [1.82, 2.24) is 9.78 Å². The Morgan fingerprint density at radius 2 is 1.91 bits per heavy atom. The van der Waals surface area contributed by atoms with Crippen LogP contribution < -0.4 is 5.32 Å². The second-order valence-electron chi connectivity index (χ2n) is 7.91. The van der Waals surface area contributed by atoms with Crippen molar-refractivity contribution in [3.63, 3.8) is 0 Å². The number of alkyl halides is 3. The zero-order valence-electron chi connectivity index (χ0n) is 17.7. The third-order valence-electron chi connectivity index (χ3n) is 5.10. The molecule has 1 amide bonds. The number of halogens is 4. The molecule has 34 heavy (non-hydrogen) atoms. The molecular formula is C22H18ClF3N4O3S. The number of nitrogens with zero attached hydrogens (tertiary/aromatic N) is 3. The number of benzene rings is 2. The first-order valence-electron chi connectivity index (χ1n) is 10.2. The largest absolute Gasteiger partial charge is 0.436 e. The summed E-state index contributed by atoms with van der Waals surface area (Å²) in [4.78, 5) is 24.8. The van der Waals surface area contributed by atoms with E-state index in [1.807, 2.05) is 31.2 Å². The summed E-state index contributed by atoms with van der Waals surface area (Å²) in [5.74, 6) is -0.860. The maximum absolute atomic E-state index is 13.2. The van der Waals surface area contributed by atoms with E-state index in [1.54, 1.807) is 6.07 Å². The number of anilines is 1. The average Bonchev–Trinajstić information content (AvgIpc) is 3.52. The van der Waals surface area contributed by atoms with Crippen LogP contribution >= 0.6 is 23.4 Å². The molecule has 0 spiro atoms. The molecule has 0 saturated heterocycles. The van der Waals surface area contributed by atoms with E-state index in [-0.39, 0.29) is 23.0 Å². The SMILES string of the molecule is Cc1ccc(Sc2cc(NC(=O)Cn3nc(C(F)(F)F)c(Cl)c3C3CC3)cc([N+](=O)[O-])c2)cc1. The number of aryl methyl sites for hydroxylation is 1. The van der Waals surface area contributed by atoms with Gasteiger partial charge in [-0.3, -0.25) is 19.6 Å². The number of nitrogens with one attached hydrogen (secondary N) is 1. The summed E-state index contributed by atoms with van der Waals surface area (Å²) in [5.41, 5.74) is -0.0622. The molecule has 1 aromatic heterocycles. The molecule has 1 aliphatic carbocycles. The van der Waals surface area contributed by atoms with Gasteiger partial charge in [-0.15, -0.1) is 0 Å². The van der Waals surface area contributed by atoms with Crippen LogP contribution in [0.15, 0.2) is 52.3 Å². The monoisotopic (exact) mass is 510 g/mol. The molecule has 12 heteroatoms. The molecule has 4 rings (SSSR count). The highest BCUT2D eigenvalue weighted by Gasteiger charge is 2.42.